The van der Waals surface area contributed by atoms with E-state index in [1.165, 1.54) is 42.6 Å². The molecule has 0 aromatic heterocycles. The van der Waals surface area contributed by atoms with Gasteiger partial charge in [-0.2, -0.15) is 0 Å². The zero-order chi connectivity index (χ0) is 46.8. The summed E-state index contributed by atoms with van der Waals surface area (Å²) in [7, 11) is 2.89. The van der Waals surface area contributed by atoms with Crippen LogP contribution in [0.2, 0.25) is 0 Å². The number of carbonyl (C=O) groups excluding carboxylic acids is 7. The Morgan fingerprint density at radius 2 is 1.53 bits per heavy atom. The van der Waals surface area contributed by atoms with Crippen LogP contribution in [0.5, 0.6) is 0 Å². The van der Waals surface area contributed by atoms with Gasteiger partial charge in [-0.1, -0.05) is 89.1 Å². The molecule has 16 heteroatoms. The first-order chi connectivity index (χ1) is 29.2. The van der Waals surface area contributed by atoms with Gasteiger partial charge in [0.1, 0.15) is 24.2 Å². The Balaban J connectivity index is 2.68. The van der Waals surface area contributed by atoms with Gasteiger partial charge in [0.05, 0.1) is 24.6 Å². The molecule has 62 heavy (non-hydrogen) atoms. The molecule has 4 N–H and O–H groups in total. The number of allylic oxidation sites excluding steroid dienone is 1. The van der Waals surface area contributed by atoms with Gasteiger partial charge in [0, 0.05) is 32.0 Å². The molecule has 1 aromatic rings. The highest BCUT2D eigenvalue weighted by Crippen LogP contribution is 2.24. The molecule has 0 unspecified atom stereocenters. The van der Waals surface area contributed by atoms with Gasteiger partial charge in [0.15, 0.2) is 6.10 Å². The van der Waals surface area contributed by atoms with Crippen molar-refractivity contribution in [1.29, 1.82) is 0 Å². The van der Waals surface area contributed by atoms with Gasteiger partial charge in [0.25, 0.3) is 5.91 Å². The molecule has 346 valence electrons. The first-order valence-corrected chi connectivity index (χ1v) is 22.9. The lowest BCUT2D eigenvalue weighted by Crippen LogP contribution is -2.58. The number of nitrogens with zero attached hydrogens (tertiary/aromatic N) is 2. The summed E-state index contributed by atoms with van der Waals surface area (Å²) in [6, 6.07) is 4.30. The molecule has 1 aliphatic heterocycles. The molecule has 1 heterocycles. The average Bonchev–Trinajstić information content (AvgIpc) is 3.24. The molecule has 0 aliphatic carbocycles. The number of likely N-dealkylation sites (N-methyl/N-ethyl adjacent to an activating group) is 2. The summed E-state index contributed by atoms with van der Waals surface area (Å²) in [5, 5.41) is 11.4. The number of benzene rings is 1. The van der Waals surface area contributed by atoms with Gasteiger partial charge < -0.3 is 40.5 Å². The van der Waals surface area contributed by atoms with Gasteiger partial charge in [-0.15, -0.1) is 11.8 Å². The molecular formula is C46H72N6O9S. The maximum atomic E-state index is 14.2. The molecule has 6 amide bonds. The second-order valence-corrected chi connectivity index (χ2v) is 17.7. The largest absolute Gasteiger partial charge is 0.449 e. The van der Waals surface area contributed by atoms with Gasteiger partial charge in [-0.3, -0.25) is 28.8 Å². The molecule has 0 saturated carbocycles. The van der Waals surface area contributed by atoms with E-state index in [0.717, 1.165) is 11.1 Å². The molecule has 0 bridgehead atoms. The van der Waals surface area contributed by atoms with Crippen LogP contribution in [-0.2, 0) is 49.5 Å². The lowest BCUT2D eigenvalue weighted by molar-refractivity contribution is -0.154. The quantitative estimate of drug-likeness (QED) is 0.151. The Hall–Kier alpha value is -4.70. The van der Waals surface area contributed by atoms with Crippen molar-refractivity contribution in [2.45, 2.75) is 137 Å². The van der Waals surface area contributed by atoms with Gasteiger partial charge in [-0.05, 0) is 71.1 Å². The molecule has 0 radical (unpaired) electrons. The molecule has 15 nitrogen and oxygen atoms in total. The van der Waals surface area contributed by atoms with Crippen molar-refractivity contribution < 1.29 is 43.0 Å². The van der Waals surface area contributed by atoms with Crippen LogP contribution in [0.25, 0.3) is 0 Å². The van der Waals surface area contributed by atoms with Crippen molar-refractivity contribution in [2.75, 3.05) is 32.8 Å². The van der Waals surface area contributed by atoms with Gasteiger partial charge in [0.2, 0.25) is 29.5 Å². The third-order valence-electron chi connectivity index (χ3n) is 11.4. The van der Waals surface area contributed by atoms with Gasteiger partial charge in [-0.25, -0.2) is 4.79 Å². The Labute approximate surface area is 373 Å². The van der Waals surface area contributed by atoms with Crippen molar-refractivity contribution in [2.24, 2.45) is 17.8 Å². The normalized spacial score (nSPS) is 28.0. The van der Waals surface area contributed by atoms with Crippen LogP contribution in [0.3, 0.4) is 0 Å². The predicted molar refractivity (Wildman–Crippen MR) is 242 cm³/mol. The number of hydrogen-bond acceptors (Lipinski definition) is 10. The summed E-state index contributed by atoms with van der Waals surface area (Å²) < 4.78 is 12.1. The zero-order valence-corrected chi connectivity index (χ0v) is 39.9. The molecule has 0 saturated heterocycles. The second-order valence-electron chi connectivity index (χ2n) is 16.9. The van der Waals surface area contributed by atoms with Crippen molar-refractivity contribution in [3.63, 3.8) is 0 Å². The third kappa shape index (κ3) is 16.2. The van der Waals surface area contributed by atoms with E-state index in [4.69, 9.17) is 9.47 Å². The molecule has 0 spiro atoms. The fourth-order valence-corrected chi connectivity index (χ4v) is 7.36. The van der Waals surface area contributed by atoms with E-state index in [1.54, 1.807) is 19.9 Å². The van der Waals surface area contributed by atoms with Crippen LogP contribution < -0.4 is 21.3 Å². The highest BCUT2D eigenvalue weighted by molar-refractivity contribution is 7.98. The highest BCUT2D eigenvalue weighted by atomic mass is 32.2. The minimum atomic E-state index is -1.22. The highest BCUT2D eigenvalue weighted by Gasteiger charge is 2.36. The van der Waals surface area contributed by atoms with E-state index in [2.05, 4.69) is 21.3 Å². The smallest absolute Gasteiger partial charge is 0.334 e. The Kier molecular flexibility index (Phi) is 22.5. The van der Waals surface area contributed by atoms with Gasteiger partial charge >= 0.3 is 5.97 Å². The summed E-state index contributed by atoms with van der Waals surface area (Å²) in [5.41, 5.74) is 1.85. The second kappa shape index (κ2) is 26.0. The summed E-state index contributed by atoms with van der Waals surface area (Å²) in [4.78, 5) is 99.2. The average molecular weight is 885 g/mol. The van der Waals surface area contributed by atoms with E-state index in [-0.39, 0.29) is 42.6 Å². The minimum Gasteiger partial charge on any atom is -0.449 e. The Bertz CT molecular complexity index is 1750. The van der Waals surface area contributed by atoms with E-state index in [0.29, 0.717) is 12.4 Å². The van der Waals surface area contributed by atoms with E-state index >= 15 is 0 Å². The molecule has 1 aromatic carbocycles. The summed E-state index contributed by atoms with van der Waals surface area (Å²) >= 11 is 1.48. The van der Waals surface area contributed by atoms with Crippen LogP contribution >= 0.6 is 11.8 Å². The molecular weight excluding hydrogens is 813 g/mol. The number of ether oxygens (including phenoxy) is 2. The number of hydrogen-bond donors (Lipinski definition) is 4. The van der Waals surface area contributed by atoms with Crippen LogP contribution in [0.15, 0.2) is 53.6 Å². The summed E-state index contributed by atoms with van der Waals surface area (Å²) in [6.45, 7) is 17.4. The summed E-state index contributed by atoms with van der Waals surface area (Å²) in [6.07, 6.45) is 4.85. The Morgan fingerprint density at radius 3 is 2.11 bits per heavy atom. The van der Waals surface area contributed by atoms with Crippen LogP contribution in [0.4, 0.5) is 0 Å². The number of esters is 1. The van der Waals surface area contributed by atoms with Crippen molar-refractivity contribution in [1.82, 2.24) is 31.1 Å². The minimum absolute atomic E-state index is 0.0545. The molecule has 1 aliphatic rings. The molecule has 0 fully saturated rings. The van der Waals surface area contributed by atoms with E-state index < -0.39 is 90.4 Å². The monoisotopic (exact) mass is 885 g/mol. The van der Waals surface area contributed by atoms with Crippen LogP contribution in [-0.4, -0.2) is 126 Å². The van der Waals surface area contributed by atoms with E-state index in [9.17, 15) is 33.6 Å². The number of amides is 6. The zero-order valence-electron chi connectivity index (χ0n) is 39.0. The molecule has 9 atom stereocenters. The number of rotatable bonds is 10. The predicted octanol–water partition coefficient (Wildman–Crippen LogP) is 4.16. The molecule has 2 rings (SSSR count). The number of thioether (sulfide) groups is 1. The van der Waals surface area contributed by atoms with Crippen molar-refractivity contribution in [3.8, 4) is 0 Å². The lowest BCUT2D eigenvalue weighted by atomic mass is 9.88. The van der Waals surface area contributed by atoms with E-state index in [1.807, 2.05) is 91.1 Å². The number of cyclic esters (lactones) is 1. The van der Waals surface area contributed by atoms with Crippen LogP contribution in [0, 0.1) is 17.8 Å². The Morgan fingerprint density at radius 1 is 0.903 bits per heavy atom. The standard InChI is InChI=1S/C46H72N6O9S/c1-14-28(5)39-31(8)36(60-26-62-13)22-21-30(7)46(59)61-37(23-27(3)4)42(55)48-33(10)44(57)52(12)35(24-34-19-17-16-18-20-34)45(58)51(11)25-38(53)49-40(29(6)15-2)43(56)47-32(9)41(54)50-39/h14,16-21,27,29,31-33,35-37,39-40H,15,22-26H2,1-13H3,(H,47,56)(H,48,55)(H,49,53)(H,50,54)/b28-14+,30-21+/t29-,31+,32-,33+,35-,36+,37-,39-,40+/m1/s1. The SMILES string of the molecule is C/C=C(\C)[C@H]1NC(=O)[C@@H](C)NC(=O)[C@H]([C@H](C)CC)NC(=O)CN(C)C(=O)[C@@H](Cc2ccccc2)N(C)C(=O)[C@H](C)NC(=O)[C@@H](CC(C)C)OC(=O)/C(C)=C/C[C@H](OCSC)[C@@H]1C. The first-order valence-electron chi connectivity index (χ1n) is 21.5. The van der Waals surface area contributed by atoms with Crippen LogP contribution in [0.1, 0.15) is 94.1 Å². The number of carbonyl (C=O) groups is 7. The topological polar surface area (TPSA) is 193 Å². The third-order valence-corrected chi connectivity index (χ3v) is 11.8. The lowest BCUT2D eigenvalue weighted by Gasteiger charge is -2.34. The maximum absolute atomic E-state index is 14.2. The van der Waals surface area contributed by atoms with Crippen molar-refractivity contribution in [3.05, 3.63) is 59.2 Å². The fourth-order valence-electron chi connectivity index (χ4n) is 7.05. The first kappa shape index (κ1) is 53.4. The fraction of sp³-hybridized carbons (Fsp3) is 0.630. The number of nitrogens with one attached hydrogen (secondary N) is 4. The maximum Gasteiger partial charge on any atom is 0.334 e. The summed E-state index contributed by atoms with van der Waals surface area (Å²) in [5.74, 6) is -4.52. The van der Waals surface area contributed by atoms with Crippen molar-refractivity contribution >= 4 is 53.2 Å².